The fraction of sp³-hybridized carbons (Fsp3) is 0.0714. The summed E-state index contributed by atoms with van der Waals surface area (Å²) in [5, 5.41) is 19.2. The third-order valence-corrected chi connectivity index (χ3v) is 2.71. The van der Waals surface area contributed by atoms with Gasteiger partial charge in [0.25, 0.3) is 0 Å². The minimum Gasteiger partial charge on any atom is -0.506 e. The second kappa shape index (κ2) is 5.50. The van der Waals surface area contributed by atoms with Crippen LogP contribution in [0, 0.1) is 0 Å². The number of ether oxygens (including phenoxy) is 1. The zero-order chi connectivity index (χ0) is 14.7. The third kappa shape index (κ3) is 2.99. The van der Waals surface area contributed by atoms with Crippen molar-refractivity contribution in [3.63, 3.8) is 0 Å². The summed E-state index contributed by atoms with van der Waals surface area (Å²) >= 11 is 0. The molecule has 2 aromatic carbocycles. The highest BCUT2D eigenvalue weighted by Gasteiger charge is 2.16. The summed E-state index contributed by atoms with van der Waals surface area (Å²) in [4.78, 5) is 11.8. The van der Waals surface area contributed by atoms with Gasteiger partial charge in [-0.3, -0.25) is 0 Å². The van der Waals surface area contributed by atoms with Gasteiger partial charge < -0.3 is 26.4 Å². The molecule has 2 rings (SSSR count). The average Bonchev–Trinajstić information content (AvgIpc) is 2.42. The first-order chi connectivity index (χ1) is 9.47. The van der Waals surface area contributed by atoms with Crippen molar-refractivity contribution in [3.8, 4) is 5.75 Å². The third-order valence-electron chi connectivity index (χ3n) is 2.71. The summed E-state index contributed by atoms with van der Waals surface area (Å²) in [6.45, 7) is 0. The lowest BCUT2D eigenvalue weighted by Gasteiger charge is -2.13. The molecule has 0 amide bonds. The molecule has 0 saturated heterocycles. The molecule has 6 nitrogen and oxygen atoms in total. The molecule has 0 fully saturated rings. The van der Waals surface area contributed by atoms with Crippen molar-refractivity contribution >= 4 is 17.3 Å². The zero-order valence-electron chi connectivity index (χ0n) is 10.5. The molecule has 0 aliphatic carbocycles. The summed E-state index contributed by atoms with van der Waals surface area (Å²) in [6.07, 6.45) is -1.41. The summed E-state index contributed by atoms with van der Waals surface area (Å²) in [7, 11) is 0. The van der Waals surface area contributed by atoms with Crippen LogP contribution >= 0.6 is 0 Å². The predicted molar refractivity (Wildman–Crippen MR) is 73.7 cm³/mol. The molecular weight excluding hydrogens is 260 g/mol. The van der Waals surface area contributed by atoms with Gasteiger partial charge in [0.2, 0.25) is 6.29 Å². The van der Waals surface area contributed by atoms with E-state index in [-0.39, 0.29) is 17.0 Å². The number of aromatic hydroxyl groups is 1. The minimum atomic E-state index is -1.41. The Morgan fingerprint density at radius 1 is 1.10 bits per heavy atom. The van der Waals surface area contributed by atoms with Crippen LogP contribution in [-0.2, 0) is 4.74 Å². The van der Waals surface area contributed by atoms with Gasteiger partial charge in [-0.2, -0.15) is 0 Å². The zero-order valence-corrected chi connectivity index (χ0v) is 10.5. The van der Waals surface area contributed by atoms with Crippen LogP contribution in [-0.4, -0.2) is 16.2 Å². The molecule has 6 heteroatoms. The number of hydrogen-bond acceptors (Lipinski definition) is 6. The molecule has 0 saturated carbocycles. The van der Waals surface area contributed by atoms with E-state index in [1.165, 1.54) is 18.2 Å². The smallest absolute Gasteiger partial charge is 0.340 e. The lowest BCUT2D eigenvalue weighted by atomic mass is 10.2. The first-order valence-electron chi connectivity index (χ1n) is 5.80. The largest absolute Gasteiger partial charge is 0.506 e. The molecule has 2 aromatic rings. The number of anilines is 2. The maximum absolute atomic E-state index is 11.8. The van der Waals surface area contributed by atoms with Gasteiger partial charge in [-0.1, -0.05) is 12.1 Å². The van der Waals surface area contributed by atoms with Gasteiger partial charge in [-0.25, -0.2) is 4.79 Å². The van der Waals surface area contributed by atoms with E-state index in [0.717, 1.165) is 0 Å². The van der Waals surface area contributed by atoms with Crippen LogP contribution in [0.1, 0.15) is 22.2 Å². The van der Waals surface area contributed by atoms with E-state index < -0.39 is 12.3 Å². The quantitative estimate of drug-likeness (QED) is 0.291. The molecular formula is C14H14N2O4. The van der Waals surface area contributed by atoms with Crippen LogP contribution in [0.15, 0.2) is 42.5 Å². The summed E-state index contributed by atoms with van der Waals surface area (Å²) in [5.74, 6) is -0.994. The molecule has 20 heavy (non-hydrogen) atoms. The fourth-order valence-corrected chi connectivity index (χ4v) is 1.57. The van der Waals surface area contributed by atoms with Crippen LogP contribution in [0.2, 0.25) is 0 Å². The molecule has 1 atom stereocenters. The molecule has 0 heterocycles. The average molecular weight is 274 g/mol. The molecule has 1 unspecified atom stereocenters. The number of benzene rings is 2. The van der Waals surface area contributed by atoms with Gasteiger partial charge in [0.1, 0.15) is 5.75 Å². The molecule has 0 radical (unpaired) electrons. The lowest BCUT2D eigenvalue weighted by Crippen LogP contribution is -2.11. The first kappa shape index (κ1) is 13.7. The number of hydrogen-bond donors (Lipinski definition) is 4. The van der Waals surface area contributed by atoms with Crippen LogP contribution in [0.3, 0.4) is 0 Å². The molecule has 0 aliphatic rings. The second-order valence-electron chi connectivity index (χ2n) is 4.20. The SMILES string of the molecule is Nc1ccc(C(O)OC(=O)c2ccc(N)c(O)c2)cc1. The van der Waals surface area contributed by atoms with E-state index in [4.69, 9.17) is 16.2 Å². The summed E-state index contributed by atoms with van der Waals surface area (Å²) < 4.78 is 4.88. The number of carbonyl (C=O) groups is 1. The van der Waals surface area contributed by atoms with Crippen molar-refractivity contribution in [2.75, 3.05) is 11.5 Å². The Morgan fingerprint density at radius 2 is 1.75 bits per heavy atom. The van der Waals surface area contributed by atoms with Crippen molar-refractivity contribution in [1.82, 2.24) is 0 Å². The van der Waals surface area contributed by atoms with Crippen molar-refractivity contribution < 1.29 is 19.7 Å². The molecule has 0 spiro atoms. The van der Waals surface area contributed by atoms with E-state index in [1.54, 1.807) is 24.3 Å². The van der Waals surface area contributed by atoms with Gasteiger partial charge in [0, 0.05) is 11.3 Å². The molecule has 0 bridgehead atoms. The van der Waals surface area contributed by atoms with Gasteiger partial charge in [-0.05, 0) is 30.3 Å². The standard InChI is InChI=1S/C14H14N2O4/c15-10-4-1-8(2-5-10)13(18)20-14(19)9-3-6-11(16)12(17)7-9/h1-7,13,17-18H,15-16H2. The Balaban J connectivity index is 2.10. The Labute approximate surface area is 115 Å². The highest BCUT2D eigenvalue weighted by molar-refractivity contribution is 5.90. The van der Waals surface area contributed by atoms with Crippen LogP contribution in [0.5, 0.6) is 5.75 Å². The highest BCUT2D eigenvalue weighted by atomic mass is 16.6. The number of aliphatic hydroxyl groups excluding tert-OH is 1. The fourth-order valence-electron chi connectivity index (χ4n) is 1.57. The number of carbonyl (C=O) groups excluding carboxylic acids is 1. The lowest BCUT2D eigenvalue weighted by molar-refractivity contribution is -0.0671. The van der Waals surface area contributed by atoms with Crippen molar-refractivity contribution in [3.05, 3.63) is 53.6 Å². The Kier molecular flexibility index (Phi) is 3.76. The maximum atomic E-state index is 11.8. The number of esters is 1. The van der Waals surface area contributed by atoms with Gasteiger partial charge >= 0.3 is 5.97 Å². The molecule has 0 aliphatic heterocycles. The van der Waals surface area contributed by atoms with Crippen molar-refractivity contribution in [2.45, 2.75) is 6.29 Å². The molecule has 0 aromatic heterocycles. The number of phenols is 1. The normalized spacial score (nSPS) is 11.8. The predicted octanol–water partition coefficient (Wildman–Crippen LogP) is 1.40. The number of phenolic OH excluding ortho intramolecular Hbond substituents is 1. The van der Waals surface area contributed by atoms with Gasteiger partial charge in [0.15, 0.2) is 0 Å². The summed E-state index contributed by atoms with van der Waals surface area (Å²) in [6, 6.07) is 10.2. The maximum Gasteiger partial charge on any atom is 0.340 e. The van der Waals surface area contributed by atoms with E-state index in [0.29, 0.717) is 11.3 Å². The molecule has 104 valence electrons. The van der Waals surface area contributed by atoms with Crippen LogP contribution < -0.4 is 11.5 Å². The minimum absolute atomic E-state index is 0.0891. The topological polar surface area (TPSA) is 119 Å². The number of nitrogen functional groups attached to an aromatic ring is 2. The number of nitrogens with two attached hydrogens (primary N) is 2. The first-order valence-corrected chi connectivity index (χ1v) is 5.80. The van der Waals surface area contributed by atoms with E-state index >= 15 is 0 Å². The van der Waals surface area contributed by atoms with E-state index in [9.17, 15) is 15.0 Å². The highest BCUT2D eigenvalue weighted by Crippen LogP contribution is 2.23. The van der Waals surface area contributed by atoms with Crippen molar-refractivity contribution in [1.29, 1.82) is 0 Å². The Bertz CT molecular complexity index is 626. The van der Waals surface area contributed by atoms with Gasteiger partial charge in [-0.15, -0.1) is 0 Å². The van der Waals surface area contributed by atoms with E-state index in [1.807, 2.05) is 0 Å². The second-order valence-corrected chi connectivity index (χ2v) is 4.20. The Morgan fingerprint density at radius 3 is 2.35 bits per heavy atom. The van der Waals surface area contributed by atoms with Gasteiger partial charge in [0.05, 0.1) is 11.3 Å². The number of rotatable bonds is 3. The summed E-state index contributed by atoms with van der Waals surface area (Å²) in [5.41, 5.74) is 12.1. The monoisotopic (exact) mass is 274 g/mol. The van der Waals surface area contributed by atoms with Crippen molar-refractivity contribution in [2.24, 2.45) is 0 Å². The Hall–Kier alpha value is -2.73. The van der Waals surface area contributed by atoms with E-state index in [2.05, 4.69) is 0 Å². The molecule has 6 N–H and O–H groups in total. The van der Waals surface area contributed by atoms with Crippen LogP contribution in [0.4, 0.5) is 11.4 Å². The number of aliphatic hydroxyl groups is 1. The van der Waals surface area contributed by atoms with Crippen LogP contribution in [0.25, 0.3) is 0 Å².